The summed E-state index contributed by atoms with van der Waals surface area (Å²) in [7, 11) is 0. The van der Waals surface area contributed by atoms with Crippen molar-refractivity contribution < 1.29 is 27.9 Å². The Bertz CT molecular complexity index is 590. The molecule has 132 valence electrons. The molecule has 1 aliphatic rings. The lowest BCUT2D eigenvalue weighted by molar-refractivity contribution is -0.145. The van der Waals surface area contributed by atoms with E-state index in [0.29, 0.717) is 31.5 Å². The largest absolute Gasteiger partial charge is 0.481 e. The second kappa shape index (κ2) is 7.23. The van der Waals surface area contributed by atoms with Crippen molar-refractivity contribution >= 4 is 11.9 Å². The first-order valence-corrected chi connectivity index (χ1v) is 7.86. The number of aliphatic carboxylic acids is 1. The van der Waals surface area contributed by atoms with Gasteiger partial charge in [0.25, 0.3) is 0 Å². The fourth-order valence-electron chi connectivity index (χ4n) is 2.89. The normalized spacial score (nSPS) is 17.6. The molecule has 1 saturated heterocycles. The zero-order valence-electron chi connectivity index (χ0n) is 13.3. The van der Waals surface area contributed by atoms with Crippen LogP contribution in [0.2, 0.25) is 0 Å². The number of likely N-dealkylation sites (tertiary alicyclic amines) is 1. The molecule has 4 nitrogen and oxygen atoms in total. The van der Waals surface area contributed by atoms with Crippen molar-refractivity contribution in [1.82, 2.24) is 4.90 Å². The quantitative estimate of drug-likeness (QED) is 0.910. The molecule has 24 heavy (non-hydrogen) atoms. The van der Waals surface area contributed by atoms with Crippen LogP contribution in [0.5, 0.6) is 0 Å². The van der Waals surface area contributed by atoms with Gasteiger partial charge in [0.2, 0.25) is 5.91 Å². The lowest BCUT2D eigenvalue weighted by Gasteiger charge is -2.31. The number of carbonyl (C=O) groups excluding carboxylic acids is 1. The fourth-order valence-corrected chi connectivity index (χ4v) is 2.89. The van der Waals surface area contributed by atoms with Crippen LogP contribution < -0.4 is 0 Å². The number of rotatable bonds is 4. The Morgan fingerprint density at radius 2 is 1.75 bits per heavy atom. The van der Waals surface area contributed by atoms with Gasteiger partial charge in [-0.1, -0.05) is 19.1 Å². The Morgan fingerprint density at radius 3 is 2.21 bits per heavy atom. The summed E-state index contributed by atoms with van der Waals surface area (Å²) in [5.41, 5.74) is -0.0303. The molecule has 1 aromatic carbocycles. The lowest BCUT2D eigenvalue weighted by atomic mass is 9.94. The smallest absolute Gasteiger partial charge is 0.416 e. The van der Waals surface area contributed by atoms with Crippen molar-refractivity contribution in [2.75, 3.05) is 13.1 Å². The molecule has 2 rings (SSSR count). The van der Waals surface area contributed by atoms with Crippen LogP contribution in [0.25, 0.3) is 0 Å². The van der Waals surface area contributed by atoms with Gasteiger partial charge in [-0.3, -0.25) is 9.59 Å². The molecule has 1 atom stereocenters. The maximum atomic E-state index is 12.6. The van der Waals surface area contributed by atoms with Crippen LogP contribution in [0.15, 0.2) is 24.3 Å². The van der Waals surface area contributed by atoms with Crippen LogP contribution in [0.1, 0.15) is 43.2 Å². The average molecular weight is 343 g/mol. The number of carbonyl (C=O) groups is 2. The number of amides is 1. The van der Waals surface area contributed by atoms with Gasteiger partial charge < -0.3 is 10.0 Å². The minimum Gasteiger partial charge on any atom is -0.481 e. The molecule has 1 aliphatic heterocycles. The van der Waals surface area contributed by atoms with E-state index in [9.17, 15) is 22.8 Å². The van der Waals surface area contributed by atoms with E-state index in [1.165, 1.54) is 12.1 Å². The zero-order chi connectivity index (χ0) is 17.9. The fraction of sp³-hybridized carbons (Fsp3) is 0.529. The van der Waals surface area contributed by atoms with Crippen LogP contribution in [-0.4, -0.2) is 35.0 Å². The molecular weight excluding hydrogens is 323 g/mol. The highest BCUT2D eigenvalue weighted by Gasteiger charge is 2.30. The van der Waals surface area contributed by atoms with E-state index in [4.69, 9.17) is 5.11 Å². The Kier molecular flexibility index (Phi) is 5.51. The molecule has 1 unspecified atom stereocenters. The van der Waals surface area contributed by atoms with Crippen LogP contribution in [-0.2, 0) is 15.8 Å². The second-order valence-corrected chi connectivity index (χ2v) is 6.22. The molecule has 0 aromatic heterocycles. The first kappa shape index (κ1) is 18.3. The summed E-state index contributed by atoms with van der Waals surface area (Å²) in [6.07, 6.45) is -3.29. The van der Waals surface area contributed by atoms with Gasteiger partial charge in [-0.25, -0.2) is 0 Å². The topological polar surface area (TPSA) is 57.6 Å². The Balaban J connectivity index is 1.91. The summed E-state index contributed by atoms with van der Waals surface area (Å²) in [5, 5.41) is 8.95. The summed E-state index contributed by atoms with van der Waals surface area (Å²) < 4.78 is 37.7. The summed E-state index contributed by atoms with van der Waals surface area (Å²) in [4.78, 5) is 24.8. The number of carboxylic acid groups (broad SMARTS) is 1. The Hall–Kier alpha value is -2.05. The highest BCUT2D eigenvalue weighted by molar-refractivity contribution is 5.77. The van der Waals surface area contributed by atoms with Gasteiger partial charge in [-0.15, -0.1) is 0 Å². The number of piperidine rings is 1. The number of alkyl halides is 3. The van der Waals surface area contributed by atoms with Gasteiger partial charge in [-0.05, 0) is 36.5 Å². The standard InChI is InChI=1S/C17H20F3NO3/c1-11(12-2-4-14(5-3-12)17(18,19)20)10-15(22)21-8-6-13(7-9-21)16(23)24/h2-5,11,13H,6-10H2,1H3,(H,23,24). The van der Waals surface area contributed by atoms with Gasteiger partial charge >= 0.3 is 12.1 Å². The van der Waals surface area contributed by atoms with Gasteiger partial charge in [0.05, 0.1) is 11.5 Å². The van der Waals surface area contributed by atoms with Crippen molar-refractivity contribution in [2.45, 2.75) is 38.3 Å². The summed E-state index contributed by atoms with van der Waals surface area (Å²) in [6, 6.07) is 4.85. The minimum atomic E-state index is -4.37. The van der Waals surface area contributed by atoms with Crippen molar-refractivity contribution in [2.24, 2.45) is 5.92 Å². The molecule has 0 spiro atoms. The van der Waals surface area contributed by atoms with Gasteiger partial charge in [0.1, 0.15) is 0 Å². The molecule has 0 aliphatic carbocycles. The van der Waals surface area contributed by atoms with Crippen molar-refractivity contribution in [1.29, 1.82) is 0 Å². The van der Waals surface area contributed by atoms with Crippen molar-refractivity contribution in [3.8, 4) is 0 Å². The van der Waals surface area contributed by atoms with Crippen LogP contribution >= 0.6 is 0 Å². The zero-order valence-corrected chi connectivity index (χ0v) is 13.3. The number of halogens is 3. The number of hydrogen-bond donors (Lipinski definition) is 1. The molecular formula is C17H20F3NO3. The second-order valence-electron chi connectivity index (χ2n) is 6.22. The average Bonchev–Trinajstić information content (AvgIpc) is 2.54. The SMILES string of the molecule is CC(CC(=O)N1CCC(C(=O)O)CC1)c1ccc(C(F)(F)F)cc1. The number of benzene rings is 1. The Labute approximate surface area is 138 Å². The van der Waals surface area contributed by atoms with E-state index in [2.05, 4.69) is 0 Å². The molecule has 1 fully saturated rings. The predicted molar refractivity (Wildman–Crippen MR) is 81.4 cm³/mol. The van der Waals surface area contributed by atoms with Crippen LogP contribution in [0.4, 0.5) is 13.2 Å². The van der Waals surface area contributed by atoms with E-state index in [1.54, 1.807) is 11.8 Å². The van der Waals surface area contributed by atoms with E-state index in [-0.39, 0.29) is 18.2 Å². The summed E-state index contributed by atoms with van der Waals surface area (Å²) in [6.45, 7) is 2.62. The molecule has 0 bridgehead atoms. The maximum absolute atomic E-state index is 12.6. The third kappa shape index (κ3) is 4.49. The molecule has 7 heteroatoms. The monoisotopic (exact) mass is 343 g/mol. The van der Waals surface area contributed by atoms with Gasteiger partial charge in [-0.2, -0.15) is 13.2 Å². The van der Waals surface area contributed by atoms with E-state index >= 15 is 0 Å². The van der Waals surface area contributed by atoms with E-state index in [0.717, 1.165) is 12.1 Å². The molecule has 0 radical (unpaired) electrons. The highest BCUT2D eigenvalue weighted by atomic mass is 19.4. The van der Waals surface area contributed by atoms with Crippen molar-refractivity contribution in [3.63, 3.8) is 0 Å². The summed E-state index contributed by atoms with van der Waals surface area (Å²) in [5.74, 6) is -1.52. The summed E-state index contributed by atoms with van der Waals surface area (Å²) >= 11 is 0. The van der Waals surface area contributed by atoms with Crippen LogP contribution in [0, 0.1) is 5.92 Å². The molecule has 1 heterocycles. The van der Waals surface area contributed by atoms with Gasteiger partial charge in [0, 0.05) is 19.5 Å². The van der Waals surface area contributed by atoms with E-state index in [1.807, 2.05) is 0 Å². The van der Waals surface area contributed by atoms with E-state index < -0.39 is 23.6 Å². The molecule has 0 saturated carbocycles. The lowest BCUT2D eigenvalue weighted by Crippen LogP contribution is -2.40. The first-order chi connectivity index (χ1) is 11.2. The number of hydrogen-bond acceptors (Lipinski definition) is 2. The van der Waals surface area contributed by atoms with Gasteiger partial charge in [0.15, 0.2) is 0 Å². The molecule has 1 aromatic rings. The third-order valence-corrected chi connectivity index (χ3v) is 4.48. The third-order valence-electron chi connectivity index (χ3n) is 4.48. The Morgan fingerprint density at radius 1 is 1.21 bits per heavy atom. The molecule has 1 amide bonds. The number of carboxylic acids is 1. The van der Waals surface area contributed by atoms with Crippen LogP contribution in [0.3, 0.4) is 0 Å². The van der Waals surface area contributed by atoms with Crippen molar-refractivity contribution in [3.05, 3.63) is 35.4 Å². The highest BCUT2D eigenvalue weighted by Crippen LogP contribution is 2.31. The number of nitrogens with zero attached hydrogens (tertiary/aromatic N) is 1. The maximum Gasteiger partial charge on any atom is 0.416 e. The molecule has 1 N–H and O–H groups in total. The predicted octanol–water partition coefficient (Wildman–Crippen LogP) is 3.52. The first-order valence-electron chi connectivity index (χ1n) is 7.86. The minimum absolute atomic E-state index is 0.0914.